The molecule has 0 aromatic heterocycles. The maximum absolute atomic E-state index is 14.4. The summed E-state index contributed by atoms with van der Waals surface area (Å²) in [6, 6.07) is 0.0598. The summed E-state index contributed by atoms with van der Waals surface area (Å²) in [5, 5.41) is 3.19. The third-order valence-corrected chi connectivity index (χ3v) is 5.07. The largest absolute Gasteiger partial charge is 0.312 e. The Morgan fingerprint density at radius 3 is 2.88 bits per heavy atom. The Bertz CT molecular complexity index is 624. The molecule has 2 heterocycles. The van der Waals surface area contributed by atoms with Crippen LogP contribution in [0.25, 0.3) is 0 Å². The lowest BCUT2D eigenvalue weighted by Crippen LogP contribution is -2.45. The molecule has 1 fully saturated rings. The summed E-state index contributed by atoms with van der Waals surface area (Å²) in [7, 11) is 0. The number of alkyl halides is 1. The predicted octanol–water partition coefficient (Wildman–Crippen LogP) is 3.87. The van der Waals surface area contributed by atoms with Crippen LogP contribution in [0.1, 0.15) is 19.8 Å². The Labute approximate surface area is 144 Å². The molecule has 1 N–H and O–H groups in total. The van der Waals surface area contributed by atoms with E-state index in [0.29, 0.717) is 6.54 Å². The van der Waals surface area contributed by atoms with E-state index in [2.05, 4.69) is 53.3 Å². The van der Waals surface area contributed by atoms with Crippen LogP contribution in [0.15, 0.2) is 71.9 Å². The first-order valence-electron chi connectivity index (χ1n) is 8.88. The molecule has 0 aromatic carbocycles. The lowest BCUT2D eigenvalue weighted by Gasteiger charge is -2.32. The summed E-state index contributed by atoms with van der Waals surface area (Å²) in [5.74, 6) is 0. The summed E-state index contributed by atoms with van der Waals surface area (Å²) in [6.45, 7) is 7.80. The molecule has 0 radical (unpaired) electrons. The summed E-state index contributed by atoms with van der Waals surface area (Å²) in [5.41, 5.74) is 3.82. The highest BCUT2D eigenvalue weighted by Crippen LogP contribution is 2.32. The Morgan fingerprint density at radius 1 is 1.38 bits per heavy atom. The molecule has 0 saturated carbocycles. The van der Waals surface area contributed by atoms with Gasteiger partial charge in [0.1, 0.15) is 6.17 Å². The van der Waals surface area contributed by atoms with Gasteiger partial charge in [0.05, 0.1) is 12.1 Å². The fraction of sp³-hybridized carbons (Fsp3) is 0.429. The number of allylic oxidation sites excluding steroid dienone is 6. The van der Waals surface area contributed by atoms with Gasteiger partial charge in [0.25, 0.3) is 0 Å². The monoisotopic (exact) mass is 326 g/mol. The molecule has 2 nitrogen and oxygen atoms in total. The first-order chi connectivity index (χ1) is 11.7. The van der Waals surface area contributed by atoms with Gasteiger partial charge in [-0.3, -0.25) is 4.90 Å². The first-order valence-corrected chi connectivity index (χ1v) is 8.88. The predicted molar refractivity (Wildman–Crippen MR) is 99.7 cm³/mol. The van der Waals surface area contributed by atoms with Crippen molar-refractivity contribution in [2.24, 2.45) is 0 Å². The molecule has 2 aliphatic heterocycles. The van der Waals surface area contributed by atoms with Crippen molar-refractivity contribution in [2.45, 2.75) is 38.0 Å². The number of nitrogens with zero attached hydrogens (tertiary/aromatic N) is 1. The summed E-state index contributed by atoms with van der Waals surface area (Å²) < 4.78 is 14.4. The summed E-state index contributed by atoms with van der Waals surface area (Å²) >= 11 is 0. The smallest absolute Gasteiger partial charge is 0.129 e. The van der Waals surface area contributed by atoms with Crippen LogP contribution < -0.4 is 5.32 Å². The van der Waals surface area contributed by atoms with Crippen LogP contribution >= 0.6 is 0 Å². The molecule has 0 aromatic rings. The van der Waals surface area contributed by atoms with Crippen LogP contribution in [0.5, 0.6) is 0 Å². The van der Waals surface area contributed by atoms with Crippen molar-refractivity contribution in [3.05, 3.63) is 71.9 Å². The van der Waals surface area contributed by atoms with Gasteiger partial charge in [-0.1, -0.05) is 55.2 Å². The second-order valence-corrected chi connectivity index (χ2v) is 6.57. The van der Waals surface area contributed by atoms with E-state index in [-0.39, 0.29) is 12.1 Å². The minimum absolute atomic E-state index is 0.0657. The maximum atomic E-state index is 14.4. The van der Waals surface area contributed by atoms with Crippen LogP contribution in [0, 0.1) is 0 Å². The van der Waals surface area contributed by atoms with Crippen LogP contribution in [-0.4, -0.2) is 42.8 Å². The van der Waals surface area contributed by atoms with E-state index in [1.165, 1.54) is 16.7 Å². The van der Waals surface area contributed by atoms with Crippen LogP contribution in [-0.2, 0) is 0 Å². The molecular weight excluding hydrogens is 299 g/mol. The summed E-state index contributed by atoms with van der Waals surface area (Å²) in [6.07, 6.45) is 18.4. The van der Waals surface area contributed by atoms with E-state index in [1.54, 1.807) is 6.08 Å². The van der Waals surface area contributed by atoms with Crippen molar-refractivity contribution in [1.82, 2.24) is 10.2 Å². The van der Waals surface area contributed by atoms with Crippen molar-refractivity contribution >= 4 is 0 Å². The Hall–Kier alpha value is -1.71. The SMILES string of the molecule is C=C/C=C\C(=C/C)C1C=C(C2=CCCC=C2)CN1C1CNCC1F. The zero-order valence-corrected chi connectivity index (χ0v) is 14.4. The van der Waals surface area contributed by atoms with E-state index in [9.17, 15) is 4.39 Å². The Kier molecular flexibility index (Phi) is 5.64. The van der Waals surface area contributed by atoms with Crippen molar-refractivity contribution in [3.63, 3.8) is 0 Å². The Balaban J connectivity index is 1.90. The van der Waals surface area contributed by atoms with Gasteiger partial charge in [0.15, 0.2) is 0 Å². The second-order valence-electron chi connectivity index (χ2n) is 6.57. The fourth-order valence-corrected chi connectivity index (χ4v) is 3.79. The quantitative estimate of drug-likeness (QED) is 0.772. The first kappa shape index (κ1) is 17.1. The minimum atomic E-state index is -0.808. The molecule has 3 atom stereocenters. The molecule has 128 valence electrons. The average molecular weight is 326 g/mol. The summed E-state index contributed by atoms with van der Waals surface area (Å²) in [4.78, 5) is 2.31. The van der Waals surface area contributed by atoms with Crippen molar-refractivity contribution < 1.29 is 4.39 Å². The van der Waals surface area contributed by atoms with Gasteiger partial charge in [-0.15, -0.1) is 0 Å². The zero-order valence-electron chi connectivity index (χ0n) is 14.4. The standard InChI is InChI=1S/C21H27FN2/c1-3-5-9-16(4-2)20-12-18(17-10-7-6-8-11-17)15-24(20)21-14-23-13-19(21)22/h3-5,7,9-12,19-21,23H,1,6,8,13-15H2,2H3/b9-5-,16-4+. The van der Waals surface area contributed by atoms with E-state index in [0.717, 1.165) is 25.9 Å². The fourth-order valence-electron chi connectivity index (χ4n) is 3.79. The van der Waals surface area contributed by atoms with Gasteiger partial charge in [-0.05, 0) is 36.5 Å². The molecule has 0 amide bonds. The molecule has 3 rings (SSSR count). The topological polar surface area (TPSA) is 15.3 Å². The lowest BCUT2D eigenvalue weighted by molar-refractivity contribution is 0.152. The normalized spacial score (nSPS) is 31.6. The highest BCUT2D eigenvalue weighted by atomic mass is 19.1. The zero-order chi connectivity index (χ0) is 16.9. The van der Waals surface area contributed by atoms with Crippen molar-refractivity contribution in [3.8, 4) is 0 Å². The number of rotatable bonds is 5. The van der Waals surface area contributed by atoms with Crippen LogP contribution in [0.3, 0.4) is 0 Å². The molecule has 3 unspecified atom stereocenters. The second kappa shape index (κ2) is 7.91. The van der Waals surface area contributed by atoms with Gasteiger partial charge in [-0.2, -0.15) is 0 Å². The van der Waals surface area contributed by atoms with Crippen LogP contribution in [0.4, 0.5) is 4.39 Å². The number of hydrogen-bond acceptors (Lipinski definition) is 2. The third kappa shape index (κ3) is 3.52. The molecule has 0 spiro atoms. The van der Waals surface area contributed by atoms with Gasteiger partial charge < -0.3 is 5.32 Å². The van der Waals surface area contributed by atoms with E-state index in [1.807, 2.05) is 13.0 Å². The van der Waals surface area contributed by atoms with Crippen molar-refractivity contribution in [2.75, 3.05) is 19.6 Å². The lowest BCUT2D eigenvalue weighted by atomic mass is 9.99. The number of nitrogens with one attached hydrogen (secondary N) is 1. The van der Waals surface area contributed by atoms with Gasteiger partial charge >= 0.3 is 0 Å². The molecular formula is C21H27FN2. The third-order valence-electron chi connectivity index (χ3n) is 5.07. The molecule has 3 heteroatoms. The highest BCUT2D eigenvalue weighted by molar-refractivity contribution is 5.48. The van der Waals surface area contributed by atoms with Crippen LogP contribution in [0.2, 0.25) is 0 Å². The average Bonchev–Trinajstić information content (AvgIpc) is 3.23. The molecule has 0 bridgehead atoms. The van der Waals surface area contributed by atoms with E-state index >= 15 is 0 Å². The van der Waals surface area contributed by atoms with Gasteiger partial charge in [0.2, 0.25) is 0 Å². The molecule has 1 aliphatic carbocycles. The van der Waals surface area contributed by atoms with E-state index < -0.39 is 6.17 Å². The molecule has 24 heavy (non-hydrogen) atoms. The number of hydrogen-bond donors (Lipinski definition) is 1. The molecule has 3 aliphatic rings. The highest BCUT2D eigenvalue weighted by Gasteiger charge is 2.39. The maximum Gasteiger partial charge on any atom is 0.129 e. The van der Waals surface area contributed by atoms with E-state index in [4.69, 9.17) is 0 Å². The Morgan fingerprint density at radius 2 is 2.25 bits per heavy atom. The van der Waals surface area contributed by atoms with Gasteiger partial charge in [0, 0.05) is 19.6 Å². The number of halogens is 1. The minimum Gasteiger partial charge on any atom is -0.312 e. The van der Waals surface area contributed by atoms with Gasteiger partial charge in [-0.25, -0.2) is 4.39 Å². The van der Waals surface area contributed by atoms with Crippen molar-refractivity contribution in [1.29, 1.82) is 0 Å². The molecule has 1 saturated heterocycles.